The summed E-state index contributed by atoms with van der Waals surface area (Å²) in [6.07, 6.45) is -0.370. The normalized spacial score (nSPS) is 12.3. The highest BCUT2D eigenvalue weighted by molar-refractivity contribution is 7.86. The fourth-order valence-corrected chi connectivity index (χ4v) is 2.33. The summed E-state index contributed by atoms with van der Waals surface area (Å²) in [5.74, 6) is -0.995. The highest BCUT2D eigenvalue weighted by Crippen LogP contribution is 2.14. The minimum Gasteiger partial charge on any atom is -0.464 e. The van der Waals surface area contributed by atoms with Crippen LogP contribution in [0.2, 0.25) is 0 Å². The number of esters is 1. The fraction of sp³-hybridized carbons (Fsp3) is 0.375. The van der Waals surface area contributed by atoms with Gasteiger partial charge in [-0.05, 0) is 39.8 Å². The van der Waals surface area contributed by atoms with Crippen molar-refractivity contribution in [3.05, 3.63) is 41.8 Å². The Kier molecular flexibility index (Phi) is 6.57. The van der Waals surface area contributed by atoms with Gasteiger partial charge in [-0.1, -0.05) is 17.7 Å². The van der Waals surface area contributed by atoms with Crippen LogP contribution in [0.3, 0.4) is 0 Å². The van der Waals surface area contributed by atoms with Gasteiger partial charge in [0.25, 0.3) is 0 Å². The third-order valence-electron chi connectivity index (χ3n) is 2.64. The zero-order valence-electron chi connectivity index (χ0n) is 14.7. The first-order valence-corrected chi connectivity index (χ1v) is 8.64. The molecule has 9 heteroatoms. The minimum absolute atomic E-state index is 0.101. The van der Waals surface area contributed by atoms with Crippen molar-refractivity contribution in [1.29, 1.82) is 0 Å². The summed E-state index contributed by atoms with van der Waals surface area (Å²) >= 11 is 0. The zero-order chi connectivity index (χ0) is 19.3. The van der Waals surface area contributed by atoms with Crippen LogP contribution in [-0.2, 0) is 28.6 Å². The number of carbonyl (C=O) groups is 2. The van der Waals surface area contributed by atoms with E-state index in [1.165, 1.54) is 12.1 Å². The molecule has 1 amide bonds. The molecule has 0 saturated heterocycles. The van der Waals surface area contributed by atoms with E-state index in [9.17, 15) is 18.0 Å². The van der Waals surface area contributed by atoms with E-state index in [0.29, 0.717) is 6.26 Å². The molecule has 25 heavy (non-hydrogen) atoms. The molecule has 0 heterocycles. The molecule has 8 nitrogen and oxygen atoms in total. The number of hydrogen-bond donors (Lipinski definition) is 1. The molecule has 0 unspecified atom stereocenters. The van der Waals surface area contributed by atoms with Crippen molar-refractivity contribution in [3.63, 3.8) is 0 Å². The standard InChI is InChI=1S/C16H21NO7S/c1-11-6-8-12(9-7-11)25(20,21)23-10-13(14(18)22-5)17-15(19)24-16(2,3)4/h6-10H,1-5H3,(H,17,19)/b13-10+. The lowest BCUT2D eigenvalue weighted by Gasteiger charge is -2.19. The van der Waals surface area contributed by atoms with Gasteiger partial charge in [0, 0.05) is 0 Å². The summed E-state index contributed by atoms with van der Waals surface area (Å²) < 4.78 is 38.4. The predicted molar refractivity (Wildman–Crippen MR) is 88.9 cm³/mol. The molecule has 0 atom stereocenters. The number of benzene rings is 1. The highest BCUT2D eigenvalue weighted by Gasteiger charge is 2.22. The fourth-order valence-electron chi connectivity index (χ4n) is 1.52. The predicted octanol–water partition coefficient (Wildman–Crippen LogP) is 2.24. The Morgan fingerprint density at radius 1 is 1.12 bits per heavy atom. The SMILES string of the molecule is COC(=O)/C(=C\OS(=O)(=O)c1ccc(C)cc1)NC(=O)OC(C)(C)C. The number of ether oxygens (including phenoxy) is 2. The lowest BCUT2D eigenvalue weighted by molar-refractivity contribution is -0.136. The second-order valence-corrected chi connectivity index (χ2v) is 7.59. The number of carbonyl (C=O) groups excluding carboxylic acids is 2. The summed E-state index contributed by atoms with van der Waals surface area (Å²) in [7, 11) is -3.09. The van der Waals surface area contributed by atoms with E-state index in [1.54, 1.807) is 39.8 Å². The van der Waals surface area contributed by atoms with Gasteiger partial charge in [0.05, 0.1) is 7.11 Å². The maximum Gasteiger partial charge on any atom is 0.412 e. The molecular weight excluding hydrogens is 350 g/mol. The molecule has 0 aliphatic carbocycles. The highest BCUT2D eigenvalue weighted by atomic mass is 32.2. The van der Waals surface area contributed by atoms with Crippen LogP contribution in [0.1, 0.15) is 26.3 Å². The molecule has 1 aromatic rings. The lowest BCUT2D eigenvalue weighted by atomic mass is 10.2. The van der Waals surface area contributed by atoms with Gasteiger partial charge in [-0.25, -0.2) is 9.59 Å². The van der Waals surface area contributed by atoms with Crippen molar-refractivity contribution >= 4 is 22.2 Å². The Bertz CT molecular complexity index is 759. The summed E-state index contributed by atoms with van der Waals surface area (Å²) in [5.41, 5.74) is -0.455. The van der Waals surface area contributed by atoms with Crippen molar-refractivity contribution < 1.29 is 31.7 Å². The molecule has 0 spiro atoms. The van der Waals surface area contributed by atoms with E-state index in [0.717, 1.165) is 12.7 Å². The summed E-state index contributed by atoms with van der Waals surface area (Å²) in [5, 5.41) is 2.09. The maximum atomic E-state index is 12.1. The Hall–Kier alpha value is -2.55. The van der Waals surface area contributed by atoms with Crippen LogP contribution in [-0.4, -0.2) is 33.2 Å². The number of hydrogen-bond acceptors (Lipinski definition) is 7. The first-order chi connectivity index (χ1) is 11.4. The Labute approximate surface area is 146 Å². The van der Waals surface area contributed by atoms with E-state index in [-0.39, 0.29) is 4.90 Å². The number of methoxy groups -OCH3 is 1. The van der Waals surface area contributed by atoms with Crippen LogP contribution >= 0.6 is 0 Å². The maximum absolute atomic E-state index is 12.1. The van der Waals surface area contributed by atoms with E-state index < -0.39 is 33.5 Å². The Morgan fingerprint density at radius 3 is 2.16 bits per heavy atom. The van der Waals surface area contributed by atoms with Crippen LogP contribution in [0.25, 0.3) is 0 Å². The molecule has 0 aliphatic rings. The van der Waals surface area contributed by atoms with Crippen LogP contribution in [0, 0.1) is 6.92 Å². The van der Waals surface area contributed by atoms with Gasteiger partial charge >= 0.3 is 22.2 Å². The lowest BCUT2D eigenvalue weighted by Crippen LogP contribution is -2.34. The summed E-state index contributed by atoms with van der Waals surface area (Å²) in [6.45, 7) is 6.70. The number of rotatable bonds is 5. The van der Waals surface area contributed by atoms with Crippen LogP contribution in [0.4, 0.5) is 4.79 Å². The van der Waals surface area contributed by atoms with Gasteiger partial charge in [-0.3, -0.25) is 5.32 Å². The smallest absolute Gasteiger partial charge is 0.412 e. The topological polar surface area (TPSA) is 108 Å². The molecule has 0 saturated carbocycles. The molecular formula is C16H21NO7S. The molecule has 138 valence electrons. The third kappa shape index (κ3) is 6.84. The van der Waals surface area contributed by atoms with E-state index in [1.807, 2.05) is 0 Å². The van der Waals surface area contributed by atoms with Gasteiger partial charge < -0.3 is 13.7 Å². The van der Waals surface area contributed by atoms with Gasteiger partial charge in [-0.2, -0.15) is 8.42 Å². The minimum atomic E-state index is -4.16. The third-order valence-corrected chi connectivity index (χ3v) is 3.84. The molecule has 0 bridgehead atoms. The zero-order valence-corrected chi connectivity index (χ0v) is 15.5. The average Bonchev–Trinajstić information content (AvgIpc) is 2.49. The van der Waals surface area contributed by atoms with E-state index in [4.69, 9.17) is 8.92 Å². The first-order valence-electron chi connectivity index (χ1n) is 7.23. The molecule has 0 aliphatic heterocycles. The number of alkyl carbamates (subject to hydrolysis) is 1. The molecule has 1 rings (SSSR count). The monoisotopic (exact) mass is 371 g/mol. The van der Waals surface area contributed by atoms with Gasteiger partial charge in [0.2, 0.25) is 0 Å². The van der Waals surface area contributed by atoms with Gasteiger partial charge in [0.1, 0.15) is 16.8 Å². The molecule has 0 radical (unpaired) electrons. The van der Waals surface area contributed by atoms with Gasteiger partial charge in [-0.15, -0.1) is 0 Å². The number of aryl methyl sites for hydroxylation is 1. The number of nitrogens with one attached hydrogen (secondary N) is 1. The molecule has 1 aromatic carbocycles. The van der Waals surface area contributed by atoms with Crippen LogP contribution in [0.15, 0.2) is 41.1 Å². The Balaban J connectivity index is 2.97. The largest absolute Gasteiger partial charge is 0.464 e. The molecule has 1 N–H and O–H groups in total. The molecule has 0 fully saturated rings. The second kappa shape index (κ2) is 8.02. The summed E-state index contributed by atoms with van der Waals surface area (Å²) in [6, 6.07) is 5.91. The Morgan fingerprint density at radius 2 is 1.68 bits per heavy atom. The number of amides is 1. The average molecular weight is 371 g/mol. The first kappa shape index (κ1) is 20.5. The van der Waals surface area contributed by atoms with E-state index >= 15 is 0 Å². The van der Waals surface area contributed by atoms with Crippen molar-refractivity contribution in [2.75, 3.05) is 7.11 Å². The van der Waals surface area contributed by atoms with Gasteiger partial charge in [0.15, 0.2) is 5.70 Å². The van der Waals surface area contributed by atoms with Crippen LogP contribution < -0.4 is 5.32 Å². The van der Waals surface area contributed by atoms with Crippen molar-refractivity contribution in [2.45, 2.75) is 38.2 Å². The quantitative estimate of drug-likeness (QED) is 0.366. The molecule has 0 aromatic heterocycles. The van der Waals surface area contributed by atoms with Crippen molar-refractivity contribution in [3.8, 4) is 0 Å². The van der Waals surface area contributed by atoms with E-state index in [2.05, 4.69) is 10.1 Å². The van der Waals surface area contributed by atoms with Crippen molar-refractivity contribution in [2.24, 2.45) is 0 Å². The van der Waals surface area contributed by atoms with Crippen molar-refractivity contribution in [1.82, 2.24) is 5.32 Å². The van der Waals surface area contributed by atoms with Crippen LogP contribution in [0.5, 0.6) is 0 Å². The summed E-state index contributed by atoms with van der Waals surface area (Å²) in [4.78, 5) is 23.3. The second-order valence-electron chi connectivity index (χ2n) is 6.01.